The monoisotopic (exact) mass is 293 g/mol. The van der Waals surface area contributed by atoms with E-state index in [-0.39, 0.29) is 11.8 Å². The number of guanidine groups is 1. The molecule has 6 N–H and O–H groups in total. The van der Waals surface area contributed by atoms with E-state index in [1.165, 1.54) is 6.07 Å². The lowest BCUT2D eigenvalue weighted by Gasteiger charge is -2.34. The molecule has 8 heteroatoms. The number of rotatable bonds is 2. The molecule has 0 spiro atoms. The number of anilines is 1. The van der Waals surface area contributed by atoms with Gasteiger partial charge < -0.3 is 15.5 Å². The number of nitrogens with one attached hydrogen (secondary N) is 2. The highest BCUT2D eigenvalue weighted by atomic mass is 19.1. The van der Waals surface area contributed by atoms with Crippen LogP contribution in [0.1, 0.15) is 5.56 Å². The third-order valence-electron chi connectivity index (χ3n) is 3.91. The molecule has 0 saturated carbocycles. The molecule has 0 radical (unpaired) electrons. The maximum atomic E-state index is 14.4. The molecule has 0 amide bonds. The minimum Gasteiger partial charge on any atom is -0.369 e. The fraction of sp³-hybridized carbons (Fsp3) is 0.462. The maximum Gasteiger partial charge on any atom is 0.209 e. The zero-order valence-electron chi connectivity index (χ0n) is 11.9. The second-order valence-corrected chi connectivity index (χ2v) is 5.47. The van der Waals surface area contributed by atoms with Crippen molar-refractivity contribution < 1.29 is 4.39 Å². The Morgan fingerprint density at radius 3 is 2.57 bits per heavy atom. The molecule has 0 bridgehead atoms. The number of piperazine rings is 1. The van der Waals surface area contributed by atoms with E-state index in [2.05, 4.69) is 27.8 Å². The van der Waals surface area contributed by atoms with Crippen molar-refractivity contribution in [1.82, 2.24) is 15.8 Å². The van der Waals surface area contributed by atoms with Crippen LogP contribution < -0.4 is 27.2 Å². The van der Waals surface area contributed by atoms with Gasteiger partial charge in [0.1, 0.15) is 5.82 Å². The Bertz CT molecular complexity index is 568. The number of aliphatic imine (C=N–C) groups is 1. The summed E-state index contributed by atoms with van der Waals surface area (Å²) < 4.78 is 14.4. The summed E-state index contributed by atoms with van der Waals surface area (Å²) in [6.45, 7) is 3.47. The molecule has 21 heavy (non-hydrogen) atoms. The van der Waals surface area contributed by atoms with Gasteiger partial charge in [-0.2, -0.15) is 5.43 Å². The van der Waals surface area contributed by atoms with Crippen molar-refractivity contribution in [3.63, 3.8) is 0 Å². The molecular formula is C13H20FN7. The average molecular weight is 293 g/mol. The SMILES string of the molecule is CN1CCN(c2ccc(C3(N)N=C(N)NN3)cc2F)CC1. The summed E-state index contributed by atoms with van der Waals surface area (Å²) >= 11 is 0. The first-order valence-corrected chi connectivity index (χ1v) is 6.89. The molecule has 114 valence electrons. The second kappa shape index (κ2) is 5.14. The lowest BCUT2D eigenvalue weighted by atomic mass is 10.1. The molecule has 2 aliphatic heterocycles. The Kier molecular flexibility index (Phi) is 3.44. The fourth-order valence-electron chi connectivity index (χ4n) is 2.59. The molecule has 0 aliphatic carbocycles. The van der Waals surface area contributed by atoms with E-state index in [1.54, 1.807) is 12.1 Å². The summed E-state index contributed by atoms with van der Waals surface area (Å²) in [7, 11) is 2.07. The van der Waals surface area contributed by atoms with Crippen molar-refractivity contribution >= 4 is 11.6 Å². The van der Waals surface area contributed by atoms with Gasteiger partial charge in [0.25, 0.3) is 0 Å². The first-order chi connectivity index (χ1) is 9.98. The maximum absolute atomic E-state index is 14.4. The van der Waals surface area contributed by atoms with Crippen LogP contribution in [0.15, 0.2) is 23.2 Å². The van der Waals surface area contributed by atoms with Gasteiger partial charge in [-0.15, -0.1) is 0 Å². The van der Waals surface area contributed by atoms with Crippen molar-refractivity contribution in [3.05, 3.63) is 29.6 Å². The third kappa shape index (κ3) is 2.65. The third-order valence-corrected chi connectivity index (χ3v) is 3.91. The molecule has 1 fully saturated rings. The normalized spacial score (nSPS) is 26.6. The summed E-state index contributed by atoms with van der Waals surface area (Å²) in [6, 6.07) is 4.92. The van der Waals surface area contributed by atoms with Gasteiger partial charge in [0, 0.05) is 31.7 Å². The molecule has 2 heterocycles. The van der Waals surface area contributed by atoms with Gasteiger partial charge in [-0.3, -0.25) is 11.2 Å². The predicted molar refractivity (Wildman–Crippen MR) is 79.9 cm³/mol. The van der Waals surface area contributed by atoms with Crippen molar-refractivity contribution in [2.45, 2.75) is 5.79 Å². The Hall–Kier alpha value is -1.90. The van der Waals surface area contributed by atoms with E-state index < -0.39 is 5.79 Å². The van der Waals surface area contributed by atoms with E-state index in [0.717, 1.165) is 26.2 Å². The molecule has 1 aromatic carbocycles. The van der Waals surface area contributed by atoms with E-state index in [1.807, 2.05) is 4.90 Å². The van der Waals surface area contributed by atoms with Crippen LogP contribution in [-0.4, -0.2) is 44.1 Å². The van der Waals surface area contributed by atoms with Gasteiger partial charge in [-0.1, -0.05) is 6.07 Å². The van der Waals surface area contributed by atoms with Crippen LogP contribution >= 0.6 is 0 Å². The van der Waals surface area contributed by atoms with Crippen molar-refractivity contribution in [3.8, 4) is 0 Å². The number of hydrogen-bond acceptors (Lipinski definition) is 7. The minimum absolute atomic E-state index is 0.182. The van der Waals surface area contributed by atoms with Crippen LogP contribution in [0.3, 0.4) is 0 Å². The summed E-state index contributed by atoms with van der Waals surface area (Å²) in [6.07, 6.45) is 0. The zero-order chi connectivity index (χ0) is 15.0. The zero-order valence-corrected chi connectivity index (χ0v) is 11.9. The quantitative estimate of drug-likeness (QED) is 0.563. The average Bonchev–Trinajstić information content (AvgIpc) is 2.81. The Labute approximate surface area is 122 Å². The largest absolute Gasteiger partial charge is 0.369 e. The number of likely N-dealkylation sites (N-methyl/N-ethyl adjacent to an activating group) is 1. The number of hydrogen-bond donors (Lipinski definition) is 4. The molecule has 2 aliphatic rings. The van der Waals surface area contributed by atoms with Crippen LogP contribution in [-0.2, 0) is 5.79 Å². The molecule has 1 atom stereocenters. The van der Waals surface area contributed by atoms with Crippen LogP contribution in [0.2, 0.25) is 0 Å². The number of halogens is 1. The van der Waals surface area contributed by atoms with Crippen LogP contribution in [0.4, 0.5) is 10.1 Å². The molecule has 7 nitrogen and oxygen atoms in total. The summed E-state index contributed by atoms with van der Waals surface area (Å²) in [5, 5.41) is 0. The van der Waals surface area contributed by atoms with Crippen molar-refractivity contribution in [2.75, 3.05) is 38.1 Å². The standard InChI is InChI=1S/C13H20FN7/c1-20-4-6-21(7-5-20)11-3-2-9(8-10(11)14)13(16)17-12(15)18-19-13/h2-3,8,19H,4-7,16H2,1H3,(H3,15,17,18). The lowest BCUT2D eigenvalue weighted by Crippen LogP contribution is -2.50. The van der Waals surface area contributed by atoms with E-state index in [4.69, 9.17) is 11.5 Å². The van der Waals surface area contributed by atoms with Gasteiger partial charge >= 0.3 is 0 Å². The predicted octanol–water partition coefficient (Wildman–Crippen LogP) is -0.931. The van der Waals surface area contributed by atoms with E-state index in [0.29, 0.717) is 11.3 Å². The number of hydrazine groups is 1. The van der Waals surface area contributed by atoms with Crippen molar-refractivity contribution in [2.24, 2.45) is 16.5 Å². The number of nitrogens with zero attached hydrogens (tertiary/aromatic N) is 3. The molecule has 0 aromatic heterocycles. The van der Waals surface area contributed by atoms with Crippen molar-refractivity contribution in [1.29, 1.82) is 0 Å². The van der Waals surface area contributed by atoms with Gasteiger partial charge in [-0.05, 0) is 19.2 Å². The van der Waals surface area contributed by atoms with E-state index >= 15 is 0 Å². The van der Waals surface area contributed by atoms with Gasteiger partial charge in [0.2, 0.25) is 11.7 Å². The van der Waals surface area contributed by atoms with Gasteiger partial charge in [0.05, 0.1) is 5.69 Å². The molecule has 1 saturated heterocycles. The van der Waals surface area contributed by atoms with E-state index in [9.17, 15) is 4.39 Å². The fourth-order valence-corrected chi connectivity index (χ4v) is 2.59. The number of nitrogens with two attached hydrogens (primary N) is 2. The first-order valence-electron chi connectivity index (χ1n) is 6.89. The molecule has 1 unspecified atom stereocenters. The van der Waals surface area contributed by atoms with Crippen LogP contribution in [0.5, 0.6) is 0 Å². The molecule has 3 rings (SSSR count). The second-order valence-electron chi connectivity index (χ2n) is 5.47. The highest BCUT2D eigenvalue weighted by Gasteiger charge is 2.32. The van der Waals surface area contributed by atoms with Gasteiger partial charge in [0.15, 0.2) is 0 Å². The lowest BCUT2D eigenvalue weighted by molar-refractivity contribution is 0.311. The smallest absolute Gasteiger partial charge is 0.209 e. The Balaban J connectivity index is 1.83. The number of benzene rings is 1. The Morgan fingerprint density at radius 1 is 1.29 bits per heavy atom. The highest BCUT2D eigenvalue weighted by molar-refractivity contribution is 5.79. The van der Waals surface area contributed by atoms with Gasteiger partial charge in [-0.25, -0.2) is 9.38 Å². The topological polar surface area (TPSA) is 94.9 Å². The Morgan fingerprint density at radius 2 is 2.00 bits per heavy atom. The first kappa shape index (κ1) is 14.1. The summed E-state index contributed by atoms with van der Waals surface area (Å²) in [5.74, 6) is -1.35. The van der Waals surface area contributed by atoms with Crippen LogP contribution in [0, 0.1) is 5.82 Å². The summed E-state index contributed by atoms with van der Waals surface area (Å²) in [5.41, 5.74) is 18.1. The molecular weight excluding hydrogens is 273 g/mol. The summed E-state index contributed by atoms with van der Waals surface area (Å²) in [4.78, 5) is 8.31. The minimum atomic E-state index is -1.23. The van der Waals surface area contributed by atoms with Crippen LogP contribution in [0.25, 0.3) is 0 Å². The highest BCUT2D eigenvalue weighted by Crippen LogP contribution is 2.26. The molecule has 1 aromatic rings.